The molecule has 4 fully saturated rings. The van der Waals surface area contributed by atoms with E-state index in [9.17, 15) is 35.7 Å². The van der Waals surface area contributed by atoms with Crippen molar-refractivity contribution in [1.82, 2.24) is 0 Å². The third-order valence-corrected chi connectivity index (χ3v) is 7.91. The van der Waals surface area contributed by atoms with Crippen molar-refractivity contribution in [2.24, 2.45) is 11.8 Å². The van der Waals surface area contributed by atoms with E-state index in [0.717, 1.165) is 0 Å². The van der Waals surface area contributed by atoms with Gasteiger partial charge in [0.25, 0.3) is 0 Å². The Hall–Kier alpha value is -0.440. The van der Waals surface area contributed by atoms with Crippen LogP contribution in [-0.4, -0.2) is 123 Å². The zero-order chi connectivity index (χ0) is 23.9. The number of fused-ring (bicyclic) bond motifs is 1. The van der Waals surface area contributed by atoms with Gasteiger partial charge in [-0.3, -0.25) is 0 Å². The number of hydrogen-bond acceptors (Lipinski definition) is 11. The average Bonchev–Trinajstić information content (AvgIpc) is 2.79. The van der Waals surface area contributed by atoms with E-state index in [-0.39, 0.29) is 30.5 Å². The average molecular weight is 479 g/mol. The predicted molar refractivity (Wildman–Crippen MR) is 111 cm³/mol. The maximum atomic E-state index is 10.6. The van der Waals surface area contributed by atoms with E-state index in [1.165, 1.54) is 0 Å². The minimum Gasteiger partial charge on any atom is -0.394 e. The molecule has 4 rings (SSSR count). The van der Waals surface area contributed by atoms with Crippen LogP contribution >= 0.6 is 0 Å². The summed E-state index contributed by atoms with van der Waals surface area (Å²) in [4.78, 5) is 0. The summed E-state index contributed by atoms with van der Waals surface area (Å²) >= 11 is 0. The lowest BCUT2D eigenvalue weighted by molar-refractivity contribution is -0.333. The fraction of sp³-hybridized carbons (Fsp3) is 1.00. The van der Waals surface area contributed by atoms with Gasteiger partial charge >= 0.3 is 0 Å². The molecule has 2 aliphatic heterocycles. The molecule has 0 aromatic heterocycles. The van der Waals surface area contributed by atoms with Gasteiger partial charge in [-0.2, -0.15) is 0 Å². The summed E-state index contributed by atoms with van der Waals surface area (Å²) < 4.78 is 23.5. The predicted octanol–water partition coefficient (Wildman–Crippen LogP) is -2.36. The standard InChI is InChI=1S/C22H38O11/c1-30-15-4-9(2-3-12(15)25)21-16(7-11-13(26)5-10(24)6-14(11)31-21)32-22-20(29)19(28)18(27)17(8-23)33-22/h9-29H,2-8H2,1H3/t9?,10?,11?,12?,13?,14?,15?,16?,17-,18+,19-,20-,21?,22+/m0/s1. The maximum Gasteiger partial charge on any atom is 0.187 e. The summed E-state index contributed by atoms with van der Waals surface area (Å²) in [5, 5.41) is 71.1. The van der Waals surface area contributed by atoms with E-state index >= 15 is 0 Å². The first-order valence-electron chi connectivity index (χ1n) is 11.9. The van der Waals surface area contributed by atoms with Gasteiger partial charge in [0.1, 0.15) is 24.4 Å². The minimum atomic E-state index is -1.56. The summed E-state index contributed by atoms with van der Waals surface area (Å²) in [6, 6.07) is 0. The van der Waals surface area contributed by atoms with Crippen molar-refractivity contribution in [2.75, 3.05) is 13.7 Å². The molecule has 14 atom stereocenters. The van der Waals surface area contributed by atoms with Crippen molar-refractivity contribution in [3.63, 3.8) is 0 Å². The zero-order valence-electron chi connectivity index (χ0n) is 18.8. The number of aliphatic hydroxyl groups excluding tert-OH is 7. The summed E-state index contributed by atoms with van der Waals surface area (Å²) in [5.74, 6) is -0.336. The van der Waals surface area contributed by atoms with Gasteiger partial charge in [0.15, 0.2) is 6.29 Å². The Labute approximate surface area is 192 Å². The third-order valence-electron chi connectivity index (χ3n) is 7.91. The Morgan fingerprint density at radius 1 is 0.788 bits per heavy atom. The number of rotatable bonds is 5. The van der Waals surface area contributed by atoms with Gasteiger partial charge in [0.05, 0.1) is 49.3 Å². The summed E-state index contributed by atoms with van der Waals surface area (Å²) in [5.41, 5.74) is 0. The van der Waals surface area contributed by atoms with Crippen molar-refractivity contribution in [2.45, 2.75) is 112 Å². The van der Waals surface area contributed by atoms with E-state index in [1.54, 1.807) is 7.11 Å². The highest BCUT2D eigenvalue weighted by atomic mass is 16.7. The molecule has 2 saturated heterocycles. The zero-order valence-corrected chi connectivity index (χ0v) is 18.8. The molecule has 0 aromatic carbocycles. The molecule has 33 heavy (non-hydrogen) atoms. The molecule has 2 saturated carbocycles. The second-order valence-corrected chi connectivity index (χ2v) is 10.0. The van der Waals surface area contributed by atoms with Crippen molar-refractivity contribution in [3.05, 3.63) is 0 Å². The highest BCUT2D eigenvalue weighted by Gasteiger charge is 2.51. The van der Waals surface area contributed by atoms with E-state index in [4.69, 9.17) is 18.9 Å². The summed E-state index contributed by atoms with van der Waals surface area (Å²) in [7, 11) is 1.55. The Balaban J connectivity index is 1.54. The lowest BCUT2D eigenvalue weighted by Crippen LogP contribution is -2.62. The van der Waals surface area contributed by atoms with Gasteiger partial charge in [-0.15, -0.1) is 0 Å². The Kier molecular flexibility index (Phi) is 8.29. The van der Waals surface area contributed by atoms with Crippen LogP contribution in [0.25, 0.3) is 0 Å². The fourth-order valence-corrected chi connectivity index (χ4v) is 5.99. The molecule has 11 heteroatoms. The highest BCUT2D eigenvalue weighted by molar-refractivity contribution is 4.99. The number of hydrogen-bond donors (Lipinski definition) is 7. The van der Waals surface area contributed by atoms with Crippen LogP contribution in [-0.2, 0) is 18.9 Å². The molecule has 11 nitrogen and oxygen atoms in total. The van der Waals surface area contributed by atoms with E-state index < -0.39 is 67.8 Å². The van der Waals surface area contributed by atoms with Crippen LogP contribution in [0.4, 0.5) is 0 Å². The van der Waals surface area contributed by atoms with Gasteiger partial charge in [-0.25, -0.2) is 0 Å². The molecular weight excluding hydrogens is 440 g/mol. The number of aliphatic hydroxyl groups is 7. The maximum absolute atomic E-state index is 10.6. The topological polar surface area (TPSA) is 179 Å². The fourth-order valence-electron chi connectivity index (χ4n) is 5.99. The van der Waals surface area contributed by atoms with Crippen LogP contribution in [0.1, 0.15) is 38.5 Å². The molecule has 2 aliphatic carbocycles. The van der Waals surface area contributed by atoms with Crippen molar-refractivity contribution in [3.8, 4) is 0 Å². The molecular formula is C22H38O11. The van der Waals surface area contributed by atoms with Gasteiger partial charge in [0, 0.05) is 13.0 Å². The monoisotopic (exact) mass is 478 g/mol. The quantitative estimate of drug-likeness (QED) is 0.225. The lowest BCUT2D eigenvalue weighted by atomic mass is 9.72. The van der Waals surface area contributed by atoms with Gasteiger partial charge in [-0.05, 0) is 44.4 Å². The van der Waals surface area contributed by atoms with Gasteiger partial charge < -0.3 is 54.7 Å². The number of methoxy groups -OCH3 is 1. The molecule has 2 heterocycles. The second kappa shape index (κ2) is 10.7. The molecule has 7 N–H and O–H groups in total. The van der Waals surface area contributed by atoms with Gasteiger partial charge in [0.2, 0.25) is 0 Å². The summed E-state index contributed by atoms with van der Waals surface area (Å²) in [6.45, 7) is -0.563. The van der Waals surface area contributed by atoms with Gasteiger partial charge in [-0.1, -0.05) is 0 Å². The van der Waals surface area contributed by atoms with Crippen molar-refractivity contribution < 1.29 is 54.7 Å². The first kappa shape index (κ1) is 25.6. The van der Waals surface area contributed by atoms with Crippen molar-refractivity contribution in [1.29, 1.82) is 0 Å². The third kappa shape index (κ3) is 5.24. The first-order chi connectivity index (χ1) is 15.7. The van der Waals surface area contributed by atoms with Crippen LogP contribution in [0, 0.1) is 11.8 Å². The van der Waals surface area contributed by atoms with Crippen LogP contribution < -0.4 is 0 Å². The Morgan fingerprint density at radius 2 is 1.55 bits per heavy atom. The van der Waals surface area contributed by atoms with Crippen LogP contribution in [0.5, 0.6) is 0 Å². The van der Waals surface area contributed by atoms with E-state index in [0.29, 0.717) is 32.1 Å². The largest absolute Gasteiger partial charge is 0.394 e. The first-order valence-corrected chi connectivity index (χ1v) is 11.9. The molecule has 0 bridgehead atoms. The lowest BCUT2D eigenvalue weighted by Gasteiger charge is -2.51. The Bertz CT molecular complexity index is 635. The summed E-state index contributed by atoms with van der Waals surface area (Å²) in [6.07, 6.45) is -8.13. The molecule has 4 aliphatic rings. The number of ether oxygens (including phenoxy) is 4. The molecule has 0 spiro atoms. The molecule has 9 unspecified atom stereocenters. The smallest absolute Gasteiger partial charge is 0.187 e. The SMILES string of the molecule is COC1CC(C2OC3CC(O)CC(O)C3CC2O[C@@H]2O[C@@H](CO)[C@@H](O)[C@H](O)[C@@H]2O)CCC1O. The van der Waals surface area contributed by atoms with E-state index in [2.05, 4.69) is 0 Å². The normalized spacial score (nSPS) is 53.5. The molecule has 0 aromatic rings. The van der Waals surface area contributed by atoms with E-state index in [1.807, 2.05) is 0 Å². The Morgan fingerprint density at radius 3 is 2.24 bits per heavy atom. The minimum absolute atomic E-state index is 0.0506. The van der Waals surface area contributed by atoms with Crippen molar-refractivity contribution >= 4 is 0 Å². The molecule has 192 valence electrons. The van der Waals surface area contributed by atoms with Crippen LogP contribution in [0.3, 0.4) is 0 Å². The second-order valence-electron chi connectivity index (χ2n) is 10.0. The molecule has 0 radical (unpaired) electrons. The van der Waals surface area contributed by atoms with Crippen LogP contribution in [0.15, 0.2) is 0 Å². The van der Waals surface area contributed by atoms with Crippen LogP contribution in [0.2, 0.25) is 0 Å². The highest BCUT2D eigenvalue weighted by Crippen LogP contribution is 2.43. The molecule has 0 amide bonds.